The molecule has 120 valence electrons. The van der Waals surface area contributed by atoms with Crippen molar-refractivity contribution in [1.29, 1.82) is 0 Å². The highest BCUT2D eigenvalue weighted by Crippen LogP contribution is 2.38. The van der Waals surface area contributed by atoms with E-state index in [4.69, 9.17) is 5.73 Å². The molecule has 0 bridgehead atoms. The fourth-order valence-corrected chi connectivity index (χ4v) is 2.13. The molecule has 2 N–H and O–H groups in total. The van der Waals surface area contributed by atoms with E-state index in [-0.39, 0.29) is 17.3 Å². The van der Waals surface area contributed by atoms with Crippen molar-refractivity contribution in [1.82, 2.24) is 4.90 Å². The van der Waals surface area contributed by atoms with Crippen LogP contribution in [0.1, 0.15) is 19.4 Å². The van der Waals surface area contributed by atoms with Crippen molar-refractivity contribution in [2.75, 3.05) is 44.4 Å². The molecule has 0 aliphatic heterocycles. The summed E-state index contributed by atoms with van der Waals surface area (Å²) in [5, 5.41) is 0. The molecule has 0 radical (unpaired) electrons. The number of rotatable bonds is 6. The molecule has 0 spiro atoms. The van der Waals surface area contributed by atoms with Gasteiger partial charge in [-0.15, -0.1) is 0 Å². The van der Waals surface area contributed by atoms with Crippen LogP contribution in [0.2, 0.25) is 0 Å². The van der Waals surface area contributed by atoms with E-state index in [0.717, 1.165) is 6.07 Å². The number of benzene rings is 1. The van der Waals surface area contributed by atoms with Crippen LogP contribution in [0.25, 0.3) is 0 Å². The van der Waals surface area contributed by atoms with Gasteiger partial charge in [0.05, 0.1) is 5.56 Å². The van der Waals surface area contributed by atoms with Crippen molar-refractivity contribution in [3.8, 4) is 0 Å². The number of nitrogens with zero attached hydrogens (tertiary/aromatic N) is 2. The van der Waals surface area contributed by atoms with Crippen LogP contribution in [0.4, 0.5) is 24.5 Å². The second-order valence-corrected chi connectivity index (χ2v) is 5.92. The topological polar surface area (TPSA) is 32.5 Å². The van der Waals surface area contributed by atoms with Crippen LogP contribution in [0, 0.1) is 5.92 Å². The molecule has 3 nitrogen and oxygen atoms in total. The highest BCUT2D eigenvalue weighted by Gasteiger charge is 2.35. The third-order valence-electron chi connectivity index (χ3n) is 3.07. The first-order valence-electron chi connectivity index (χ1n) is 6.97. The Bertz CT molecular complexity index is 456. The Morgan fingerprint density at radius 1 is 1.14 bits per heavy atom. The number of halogens is 3. The summed E-state index contributed by atoms with van der Waals surface area (Å²) in [6.07, 6.45) is -4.40. The molecule has 0 heterocycles. The second kappa shape index (κ2) is 7.02. The maximum absolute atomic E-state index is 13.2. The Labute approximate surface area is 124 Å². The van der Waals surface area contributed by atoms with Gasteiger partial charge >= 0.3 is 6.18 Å². The molecule has 0 saturated carbocycles. The summed E-state index contributed by atoms with van der Waals surface area (Å²) >= 11 is 0. The number of hydrogen-bond donors (Lipinski definition) is 1. The van der Waals surface area contributed by atoms with E-state index in [9.17, 15) is 13.2 Å². The Morgan fingerprint density at radius 3 is 2.24 bits per heavy atom. The van der Waals surface area contributed by atoms with Crippen LogP contribution in [-0.2, 0) is 6.18 Å². The van der Waals surface area contributed by atoms with Crippen molar-refractivity contribution in [3.63, 3.8) is 0 Å². The Kier molecular flexibility index (Phi) is 5.89. The first kappa shape index (κ1) is 17.6. The maximum atomic E-state index is 13.2. The van der Waals surface area contributed by atoms with Crippen molar-refractivity contribution >= 4 is 11.4 Å². The summed E-state index contributed by atoms with van der Waals surface area (Å²) < 4.78 is 39.7. The molecule has 0 unspecified atom stereocenters. The van der Waals surface area contributed by atoms with Crippen molar-refractivity contribution < 1.29 is 13.2 Å². The Morgan fingerprint density at radius 2 is 1.76 bits per heavy atom. The lowest BCUT2D eigenvalue weighted by atomic mass is 10.1. The van der Waals surface area contributed by atoms with E-state index >= 15 is 0 Å². The minimum absolute atomic E-state index is 0.128. The molecule has 0 aliphatic rings. The van der Waals surface area contributed by atoms with Gasteiger partial charge in [0.25, 0.3) is 0 Å². The normalized spacial score (nSPS) is 12.2. The minimum atomic E-state index is -4.40. The summed E-state index contributed by atoms with van der Waals surface area (Å²) in [4.78, 5) is 3.74. The van der Waals surface area contributed by atoms with Crippen LogP contribution in [-0.4, -0.2) is 38.6 Å². The molecule has 1 rings (SSSR count). The van der Waals surface area contributed by atoms with Crippen LogP contribution in [0.3, 0.4) is 0 Å². The highest BCUT2D eigenvalue weighted by atomic mass is 19.4. The van der Waals surface area contributed by atoms with Gasteiger partial charge in [-0.05, 0) is 38.2 Å². The molecule has 1 aromatic rings. The van der Waals surface area contributed by atoms with Gasteiger partial charge < -0.3 is 15.5 Å². The van der Waals surface area contributed by atoms with Gasteiger partial charge in [-0.1, -0.05) is 13.8 Å². The number of nitrogen functional groups attached to an aromatic ring is 1. The standard InChI is InChI=1S/C15H24F3N3/c1-11(2)10-21(8-7-20(3)4)14-6-5-12(19)9-13(14)15(16,17)18/h5-6,9,11H,7-8,10,19H2,1-4H3. The van der Waals surface area contributed by atoms with E-state index in [1.54, 1.807) is 4.90 Å². The number of nitrogens with two attached hydrogens (primary N) is 1. The molecule has 1 aromatic carbocycles. The van der Waals surface area contributed by atoms with E-state index in [1.165, 1.54) is 12.1 Å². The largest absolute Gasteiger partial charge is 0.418 e. The quantitative estimate of drug-likeness (QED) is 0.818. The van der Waals surface area contributed by atoms with Crippen molar-refractivity contribution in [3.05, 3.63) is 23.8 Å². The van der Waals surface area contributed by atoms with Crippen LogP contribution in [0.5, 0.6) is 0 Å². The summed E-state index contributed by atoms with van der Waals surface area (Å²) in [7, 11) is 3.81. The SMILES string of the molecule is CC(C)CN(CCN(C)C)c1ccc(N)cc1C(F)(F)F. The molecule has 0 fully saturated rings. The van der Waals surface area contributed by atoms with Crippen LogP contribution >= 0.6 is 0 Å². The third-order valence-corrected chi connectivity index (χ3v) is 3.07. The smallest absolute Gasteiger partial charge is 0.399 e. The summed E-state index contributed by atoms with van der Waals surface area (Å²) in [5.74, 6) is 0.269. The third kappa shape index (κ3) is 5.46. The Balaban J connectivity index is 3.16. The average Bonchev–Trinajstić information content (AvgIpc) is 2.33. The Hall–Kier alpha value is -1.43. The van der Waals surface area contributed by atoms with E-state index in [2.05, 4.69) is 0 Å². The molecular weight excluding hydrogens is 279 g/mol. The fourth-order valence-electron chi connectivity index (χ4n) is 2.13. The second-order valence-electron chi connectivity index (χ2n) is 5.92. The number of likely N-dealkylation sites (N-methyl/N-ethyl adjacent to an activating group) is 1. The molecular formula is C15H24F3N3. The number of anilines is 2. The first-order chi connectivity index (χ1) is 9.61. The zero-order chi connectivity index (χ0) is 16.2. The van der Waals surface area contributed by atoms with Crippen molar-refractivity contribution in [2.45, 2.75) is 20.0 Å². The number of hydrogen-bond acceptors (Lipinski definition) is 3. The monoisotopic (exact) mass is 303 g/mol. The van der Waals surface area contributed by atoms with Gasteiger partial charge in [-0.2, -0.15) is 13.2 Å². The molecule has 0 amide bonds. The fraction of sp³-hybridized carbons (Fsp3) is 0.600. The lowest BCUT2D eigenvalue weighted by Crippen LogP contribution is -2.35. The van der Waals surface area contributed by atoms with Gasteiger partial charge in [0.1, 0.15) is 0 Å². The van der Waals surface area contributed by atoms with Gasteiger partial charge in [-0.25, -0.2) is 0 Å². The molecule has 0 aliphatic carbocycles. The van der Waals surface area contributed by atoms with Gasteiger partial charge in [0.15, 0.2) is 0 Å². The summed E-state index contributed by atoms with van der Waals surface area (Å²) in [6.45, 7) is 5.79. The van der Waals surface area contributed by atoms with Crippen LogP contribution < -0.4 is 10.6 Å². The van der Waals surface area contributed by atoms with Crippen molar-refractivity contribution in [2.24, 2.45) is 5.92 Å². The zero-order valence-electron chi connectivity index (χ0n) is 13.0. The summed E-state index contributed by atoms with van der Waals surface area (Å²) in [6, 6.07) is 4.00. The predicted molar refractivity (Wildman–Crippen MR) is 81.5 cm³/mol. The highest BCUT2D eigenvalue weighted by molar-refractivity contribution is 5.61. The molecule has 0 aromatic heterocycles. The lowest BCUT2D eigenvalue weighted by molar-refractivity contribution is -0.137. The summed E-state index contributed by atoms with van der Waals surface area (Å²) in [5.41, 5.74) is 5.19. The van der Waals surface area contributed by atoms with Crippen LogP contribution in [0.15, 0.2) is 18.2 Å². The molecule has 0 saturated heterocycles. The van der Waals surface area contributed by atoms with Gasteiger partial charge in [0.2, 0.25) is 0 Å². The average molecular weight is 303 g/mol. The van der Waals surface area contributed by atoms with E-state index in [0.29, 0.717) is 19.6 Å². The molecule has 6 heteroatoms. The number of alkyl halides is 3. The van der Waals surface area contributed by atoms with E-state index in [1.807, 2.05) is 32.8 Å². The first-order valence-corrected chi connectivity index (χ1v) is 6.97. The zero-order valence-corrected chi connectivity index (χ0v) is 13.0. The maximum Gasteiger partial charge on any atom is 0.418 e. The molecule has 0 atom stereocenters. The predicted octanol–water partition coefficient (Wildman–Crippen LogP) is 3.31. The lowest BCUT2D eigenvalue weighted by Gasteiger charge is -2.30. The minimum Gasteiger partial charge on any atom is -0.399 e. The molecule has 21 heavy (non-hydrogen) atoms. The van der Waals surface area contributed by atoms with Gasteiger partial charge in [-0.3, -0.25) is 0 Å². The van der Waals surface area contributed by atoms with Gasteiger partial charge in [0, 0.05) is 31.0 Å². The van der Waals surface area contributed by atoms with E-state index < -0.39 is 11.7 Å².